The lowest BCUT2D eigenvalue weighted by atomic mass is 9.49. The van der Waals surface area contributed by atoms with Crippen LogP contribution in [0.15, 0.2) is 24.3 Å². The monoisotopic (exact) mass is 356 g/mol. The van der Waals surface area contributed by atoms with Gasteiger partial charge in [0, 0.05) is 12.0 Å². The molecule has 5 nitrogen and oxygen atoms in total. The molecule has 4 fully saturated rings. The summed E-state index contributed by atoms with van der Waals surface area (Å²) >= 11 is 0. The zero-order chi connectivity index (χ0) is 18.1. The largest absolute Gasteiger partial charge is 0.494 e. The molecule has 4 bridgehead atoms. The number of hydrogen-bond acceptors (Lipinski definition) is 3. The summed E-state index contributed by atoms with van der Waals surface area (Å²) in [4.78, 5) is 24.7. The number of rotatable bonds is 5. The Morgan fingerprint density at radius 3 is 2.12 bits per heavy atom. The van der Waals surface area contributed by atoms with Crippen molar-refractivity contribution in [2.45, 2.75) is 51.9 Å². The van der Waals surface area contributed by atoms with E-state index in [0.717, 1.165) is 23.5 Å². The molecule has 26 heavy (non-hydrogen) atoms. The van der Waals surface area contributed by atoms with Crippen LogP contribution in [0.25, 0.3) is 0 Å². The predicted molar refractivity (Wildman–Crippen MR) is 98.4 cm³/mol. The smallest absolute Gasteiger partial charge is 0.269 e. The SMILES string of the molecule is CCOc1ccc(C(=O)NNC(=O)CC23CC4CC(CC(C4)C2)C3)cc1. The fraction of sp³-hybridized carbons (Fsp3) is 0.619. The standard InChI is InChI=1S/C21H28N2O3/c1-2-26-18-5-3-17(4-6-18)20(25)23-22-19(24)13-21-10-14-7-15(11-21)9-16(8-14)12-21/h3-6,14-16H,2,7-13H2,1H3,(H,22,24)(H,23,25). The van der Waals surface area contributed by atoms with Crippen molar-refractivity contribution in [2.75, 3.05) is 6.61 Å². The summed E-state index contributed by atoms with van der Waals surface area (Å²) < 4.78 is 5.37. The molecule has 0 radical (unpaired) electrons. The second-order valence-electron chi connectivity index (χ2n) is 8.55. The molecular weight excluding hydrogens is 328 g/mol. The summed E-state index contributed by atoms with van der Waals surface area (Å²) in [6.07, 6.45) is 8.23. The molecule has 0 unspecified atom stereocenters. The van der Waals surface area contributed by atoms with Gasteiger partial charge in [-0.3, -0.25) is 20.4 Å². The molecule has 0 heterocycles. The van der Waals surface area contributed by atoms with E-state index in [9.17, 15) is 9.59 Å². The van der Waals surface area contributed by atoms with E-state index < -0.39 is 0 Å². The number of benzene rings is 1. The Morgan fingerprint density at radius 1 is 1.00 bits per heavy atom. The van der Waals surface area contributed by atoms with Gasteiger partial charge in [-0.25, -0.2) is 0 Å². The molecule has 0 atom stereocenters. The molecule has 0 aromatic heterocycles. The molecule has 4 aliphatic carbocycles. The van der Waals surface area contributed by atoms with Crippen LogP contribution < -0.4 is 15.6 Å². The van der Waals surface area contributed by atoms with Gasteiger partial charge in [0.15, 0.2) is 0 Å². The van der Waals surface area contributed by atoms with Crippen LogP contribution >= 0.6 is 0 Å². The molecule has 0 aliphatic heterocycles. The maximum atomic E-state index is 12.5. The van der Waals surface area contributed by atoms with E-state index in [1.54, 1.807) is 24.3 Å². The van der Waals surface area contributed by atoms with Crippen molar-refractivity contribution in [3.05, 3.63) is 29.8 Å². The molecule has 5 rings (SSSR count). The van der Waals surface area contributed by atoms with Crippen molar-refractivity contribution < 1.29 is 14.3 Å². The molecule has 4 aliphatic rings. The first-order valence-corrected chi connectivity index (χ1v) is 9.87. The zero-order valence-corrected chi connectivity index (χ0v) is 15.4. The van der Waals surface area contributed by atoms with Gasteiger partial charge in [0.25, 0.3) is 5.91 Å². The third-order valence-electron chi connectivity index (χ3n) is 6.44. The number of amides is 2. The molecule has 0 spiro atoms. The van der Waals surface area contributed by atoms with E-state index >= 15 is 0 Å². The Bertz CT molecular complexity index is 648. The number of nitrogens with one attached hydrogen (secondary N) is 2. The van der Waals surface area contributed by atoms with Crippen LogP contribution in [0.3, 0.4) is 0 Å². The summed E-state index contributed by atoms with van der Waals surface area (Å²) in [7, 11) is 0. The quantitative estimate of drug-likeness (QED) is 0.794. The predicted octanol–water partition coefficient (Wildman–Crippen LogP) is 3.45. The van der Waals surface area contributed by atoms with Gasteiger partial charge in [-0.15, -0.1) is 0 Å². The summed E-state index contributed by atoms with van der Waals surface area (Å²) in [6.45, 7) is 2.51. The normalized spacial score (nSPS) is 31.5. The number of hydrogen-bond donors (Lipinski definition) is 2. The van der Waals surface area contributed by atoms with Gasteiger partial charge in [0.05, 0.1) is 6.61 Å². The van der Waals surface area contributed by atoms with Crippen molar-refractivity contribution in [1.82, 2.24) is 10.9 Å². The third kappa shape index (κ3) is 3.57. The maximum absolute atomic E-state index is 12.5. The number of hydrazine groups is 1. The maximum Gasteiger partial charge on any atom is 0.269 e. The van der Waals surface area contributed by atoms with Crippen molar-refractivity contribution in [2.24, 2.45) is 23.2 Å². The molecule has 2 N–H and O–H groups in total. The number of carbonyl (C=O) groups is 2. The minimum absolute atomic E-state index is 0.0637. The van der Waals surface area contributed by atoms with Crippen molar-refractivity contribution in [1.29, 1.82) is 0 Å². The lowest BCUT2D eigenvalue weighted by molar-refractivity contribution is -0.130. The highest BCUT2D eigenvalue weighted by Crippen LogP contribution is 2.61. The number of carbonyl (C=O) groups excluding carboxylic acids is 2. The summed E-state index contributed by atoms with van der Waals surface area (Å²) in [5.74, 6) is 2.85. The molecule has 1 aromatic rings. The zero-order valence-electron chi connectivity index (χ0n) is 15.4. The van der Waals surface area contributed by atoms with E-state index in [1.807, 2.05) is 6.92 Å². The molecule has 5 heteroatoms. The van der Waals surface area contributed by atoms with E-state index in [0.29, 0.717) is 18.6 Å². The fourth-order valence-electron chi connectivity index (χ4n) is 5.96. The first kappa shape index (κ1) is 17.4. The Balaban J connectivity index is 1.29. The van der Waals surface area contributed by atoms with Crippen LogP contribution in [0.5, 0.6) is 5.75 Å². The Morgan fingerprint density at radius 2 is 1.58 bits per heavy atom. The average molecular weight is 356 g/mol. The van der Waals surface area contributed by atoms with Crippen molar-refractivity contribution in [3.63, 3.8) is 0 Å². The Hall–Kier alpha value is -2.04. The van der Waals surface area contributed by atoms with Gasteiger partial charge >= 0.3 is 0 Å². The van der Waals surface area contributed by atoms with Crippen LogP contribution in [0, 0.1) is 23.2 Å². The first-order valence-electron chi connectivity index (χ1n) is 9.87. The molecule has 2 amide bonds. The topological polar surface area (TPSA) is 67.4 Å². The van der Waals surface area contributed by atoms with E-state index in [4.69, 9.17) is 4.74 Å². The third-order valence-corrected chi connectivity index (χ3v) is 6.44. The molecule has 4 saturated carbocycles. The van der Waals surface area contributed by atoms with Gasteiger partial charge in [0.1, 0.15) is 5.75 Å². The van der Waals surface area contributed by atoms with Gasteiger partial charge < -0.3 is 4.74 Å². The summed E-state index contributed by atoms with van der Waals surface area (Å²) in [5.41, 5.74) is 5.87. The van der Waals surface area contributed by atoms with Crippen LogP contribution in [-0.2, 0) is 4.79 Å². The second kappa shape index (κ2) is 6.93. The van der Waals surface area contributed by atoms with Gasteiger partial charge in [-0.05, 0) is 92.9 Å². The molecule has 140 valence electrons. The highest BCUT2D eigenvalue weighted by Gasteiger charge is 2.51. The van der Waals surface area contributed by atoms with Gasteiger partial charge in [0.2, 0.25) is 5.91 Å². The van der Waals surface area contributed by atoms with Gasteiger partial charge in [-0.1, -0.05) is 0 Å². The van der Waals surface area contributed by atoms with E-state index in [-0.39, 0.29) is 17.2 Å². The lowest BCUT2D eigenvalue weighted by Crippen LogP contribution is -2.50. The Kier molecular flexibility index (Phi) is 4.63. The summed E-state index contributed by atoms with van der Waals surface area (Å²) in [5, 5.41) is 0. The summed E-state index contributed by atoms with van der Waals surface area (Å²) in [6, 6.07) is 6.92. The van der Waals surface area contributed by atoms with Crippen LogP contribution in [0.4, 0.5) is 0 Å². The van der Waals surface area contributed by atoms with Gasteiger partial charge in [-0.2, -0.15) is 0 Å². The first-order chi connectivity index (χ1) is 12.5. The average Bonchev–Trinajstić information content (AvgIpc) is 2.59. The van der Waals surface area contributed by atoms with Crippen LogP contribution in [-0.4, -0.2) is 18.4 Å². The highest BCUT2D eigenvalue weighted by atomic mass is 16.5. The molecule has 0 saturated heterocycles. The van der Waals surface area contributed by atoms with Crippen molar-refractivity contribution in [3.8, 4) is 5.75 Å². The Labute approximate surface area is 154 Å². The fourth-order valence-corrected chi connectivity index (χ4v) is 5.96. The van der Waals surface area contributed by atoms with E-state index in [2.05, 4.69) is 10.9 Å². The minimum Gasteiger partial charge on any atom is -0.494 e. The lowest BCUT2D eigenvalue weighted by Gasteiger charge is -2.56. The number of ether oxygens (including phenoxy) is 1. The molecular formula is C21H28N2O3. The van der Waals surface area contributed by atoms with Crippen molar-refractivity contribution >= 4 is 11.8 Å². The van der Waals surface area contributed by atoms with E-state index in [1.165, 1.54) is 38.5 Å². The molecule has 1 aromatic carbocycles. The van der Waals surface area contributed by atoms with Crippen LogP contribution in [0.1, 0.15) is 62.2 Å². The highest BCUT2D eigenvalue weighted by molar-refractivity contribution is 5.95. The second-order valence-corrected chi connectivity index (χ2v) is 8.55. The minimum atomic E-state index is -0.299. The van der Waals surface area contributed by atoms with Crippen LogP contribution in [0.2, 0.25) is 0 Å².